The number of Topliss-reactive ketones (excluding diaryl/α,β-unsaturated/α-hetero) is 1. The summed E-state index contributed by atoms with van der Waals surface area (Å²) in [5, 5.41) is 7.37. The maximum Gasteiger partial charge on any atom is 0.263 e. The van der Waals surface area contributed by atoms with Gasteiger partial charge in [0.25, 0.3) is 5.56 Å². The summed E-state index contributed by atoms with van der Waals surface area (Å²) in [7, 11) is 0. The van der Waals surface area contributed by atoms with Gasteiger partial charge in [0, 0.05) is 42.7 Å². The predicted molar refractivity (Wildman–Crippen MR) is 140 cm³/mol. The van der Waals surface area contributed by atoms with E-state index < -0.39 is 0 Å². The van der Waals surface area contributed by atoms with Gasteiger partial charge in [0.2, 0.25) is 11.9 Å². The molecule has 0 spiro atoms. The number of carbonyl (C=O) groups excluding carboxylic acids is 2. The minimum Gasteiger partial charge on any atom is -0.309 e. The molecule has 2 aliphatic heterocycles. The number of hydrogen-bond donors (Lipinski definition) is 2. The Bertz CT molecular complexity index is 1440. The number of nitrogens with one attached hydrogen (secondary N) is 2. The molecule has 0 aromatic carbocycles. The van der Waals surface area contributed by atoms with Crippen LogP contribution in [0.15, 0.2) is 29.3 Å². The number of nitrogens with zero attached hydrogens (tertiary/aromatic N) is 5. The lowest BCUT2D eigenvalue weighted by Gasteiger charge is -2.24. The molecule has 1 amide bonds. The van der Waals surface area contributed by atoms with E-state index in [1.165, 1.54) is 6.92 Å². The van der Waals surface area contributed by atoms with Crippen LogP contribution in [0, 0.1) is 6.92 Å². The Labute approximate surface area is 214 Å². The molecule has 3 fully saturated rings. The molecular weight excluding hydrogens is 470 g/mol. The minimum absolute atomic E-state index is 0.0183. The monoisotopic (exact) mass is 501 g/mol. The largest absolute Gasteiger partial charge is 0.309 e. The Morgan fingerprint density at radius 3 is 2.57 bits per heavy atom. The first-order valence-corrected chi connectivity index (χ1v) is 13.1. The summed E-state index contributed by atoms with van der Waals surface area (Å²) < 4.78 is 1.70. The van der Waals surface area contributed by atoms with Crippen molar-refractivity contribution in [3.8, 4) is 0 Å². The molecule has 3 aromatic rings. The van der Waals surface area contributed by atoms with Crippen LogP contribution >= 0.6 is 0 Å². The highest BCUT2D eigenvalue weighted by molar-refractivity contribution is 5.99. The molecule has 2 N–H and O–H groups in total. The topological polar surface area (TPSA) is 122 Å². The van der Waals surface area contributed by atoms with E-state index in [0.717, 1.165) is 44.2 Å². The van der Waals surface area contributed by atoms with E-state index in [1.807, 2.05) is 11.0 Å². The Morgan fingerprint density at radius 1 is 1.05 bits per heavy atom. The van der Waals surface area contributed by atoms with E-state index in [1.54, 1.807) is 30.0 Å². The quantitative estimate of drug-likeness (QED) is 0.510. The van der Waals surface area contributed by atoms with Crippen molar-refractivity contribution in [1.29, 1.82) is 0 Å². The normalized spacial score (nSPS) is 22.0. The lowest BCUT2D eigenvalue weighted by molar-refractivity contribution is -0.118. The summed E-state index contributed by atoms with van der Waals surface area (Å²) in [6.45, 7) is 3.86. The van der Waals surface area contributed by atoms with E-state index in [4.69, 9.17) is 4.98 Å². The van der Waals surface area contributed by atoms with Crippen LogP contribution in [0.4, 0.5) is 17.5 Å². The number of carbonyl (C=O) groups is 2. The number of aryl methyl sites for hydroxylation is 1. The summed E-state index contributed by atoms with van der Waals surface area (Å²) in [6, 6.07) is 4.30. The molecule has 3 aliphatic rings. The van der Waals surface area contributed by atoms with Gasteiger partial charge in [-0.1, -0.05) is 12.8 Å². The molecule has 2 saturated heterocycles. The van der Waals surface area contributed by atoms with Crippen molar-refractivity contribution in [3.63, 3.8) is 0 Å². The number of hydrogen-bond acceptors (Lipinski definition) is 8. The van der Waals surface area contributed by atoms with Crippen LogP contribution < -0.4 is 21.1 Å². The Morgan fingerprint density at radius 2 is 1.84 bits per heavy atom. The van der Waals surface area contributed by atoms with E-state index in [-0.39, 0.29) is 34.9 Å². The van der Waals surface area contributed by atoms with Crippen molar-refractivity contribution in [2.24, 2.45) is 0 Å². The molecule has 2 bridgehead atoms. The molecule has 0 radical (unpaired) electrons. The molecule has 37 heavy (non-hydrogen) atoms. The fraction of sp³-hybridized carbons (Fsp3) is 0.481. The first-order valence-electron chi connectivity index (χ1n) is 13.1. The zero-order chi connectivity index (χ0) is 25.7. The third-order valence-electron chi connectivity index (χ3n) is 8.01. The highest BCUT2D eigenvalue weighted by atomic mass is 16.2. The Hall–Kier alpha value is -3.66. The molecule has 10 nitrogen and oxygen atoms in total. The maximum atomic E-state index is 13.4. The van der Waals surface area contributed by atoms with Gasteiger partial charge in [0.05, 0.1) is 17.4 Å². The van der Waals surface area contributed by atoms with Gasteiger partial charge in [-0.3, -0.25) is 19.0 Å². The second kappa shape index (κ2) is 9.33. The Balaban J connectivity index is 1.31. The number of ketones is 1. The van der Waals surface area contributed by atoms with Crippen LogP contribution in [-0.4, -0.2) is 49.8 Å². The van der Waals surface area contributed by atoms with Crippen LogP contribution in [0.25, 0.3) is 11.0 Å². The van der Waals surface area contributed by atoms with Crippen LogP contribution in [0.2, 0.25) is 0 Å². The summed E-state index contributed by atoms with van der Waals surface area (Å²) >= 11 is 0. The third kappa shape index (κ3) is 4.29. The van der Waals surface area contributed by atoms with Crippen molar-refractivity contribution < 1.29 is 9.59 Å². The summed E-state index contributed by atoms with van der Waals surface area (Å²) in [4.78, 5) is 54.0. The van der Waals surface area contributed by atoms with Gasteiger partial charge in [0.1, 0.15) is 11.5 Å². The van der Waals surface area contributed by atoms with Crippen LogP contribution in [0.1, 0.15) is 73.8 Å². The Kier molecular flexibility index (Phi) is 5.98. The van der Waals surface area contributed by atoms with Crippen LogP contribution in [0.5, 0.6) is 0 Å². The zero-order valence-electron chi connectivity index (χ0n) is 21.2. The minimum atomic E-state index is -0.276. The molecule has 5 heterocycles. The summed E-state index contributed by atoms with van der Waals surface area (Å²) in [5.74, 6) is 0.734. The van der Waals surface area contributed by atoms with Crippen LogP contribution in [0.3, 0.4) is 0 Å². The van der Waals surface area contributed by atoms with Gasteiger partial charge in [0.15, 0.2) is 5.78 Å². The summed E-state index contributed by atoms with van der Waals surface area (Å²) in [5.41, 5.74) is 1.85. The van der Waals surface area contributed by atoms with E-state index in [2.05, 4.69) is 20.6 Å². The van der Waals surface area contributed by atoms with Gasteiger partial charge in [-0.2, -0.15) is 4.98 Å². The van der Waals surface area contributed by atoms with Gasteiger partial charge < -0.3 is 15.5 Å². The molecule has 1 unspecified atom stereocenters. The molecule has 10 heteroatoms. The number of pyridine rings is 2. The number of fused-ring (bicyclic) bond motifs is 3. The zero-order valence-corrected chi connectivity index (χ0v) is 21.2. The first kappa shape index (κ1) is 23.7. The smallest absolute Gasteiger partial charge is 0.263 e. The maximum absolute atomic E-state index is 13.4. The molecule has 3 aromatic heterocycles. The van der Waals surface area contributed by atoms with E-state index >= 15 is 0 Å². The molecule has 1 saturated carbocycles. The molecule has 192 valence electrons. The van der Waals surface area contributed by atoms with Gasteiger partial charge >= 0.3 is 0 Å². The van der Waals surface area contributed by atoms with Crippen molar-refractivity contribution in [2.75, 3.05) is 16.8 Å². The van der Waals surface area contributed by atoms with Crippen molar-refractivity contribution in [2.45, 2.75) is 76.9 Å². The number of anilines is 3. The predicted octanol–water partition coefficient (Wildman–Crippen LogP) is 3.41. The molecular formula is C27H31N7O3. The number of amides is 1. The first-order chi connectivity index (χ1) is 17.9. The average molecular weight is 502 g/mol. The lowest BCUT2D eigenvalue weighted by Crippen LogP contribution is -2.37. The highest BCUT2D eigenvalue weighted by Crippen LogP contribution is 2.32. The van der Waals surface area contributed by atoms with E-state index in [0.29, 0.717) is 47.4 Å². The molecule has 6 rings (SSSR count). The standard InChI is InChI=1S/C27H31N7O3/c1-15-21-13-29-27(32-25(21)34(19-5-3-4-6-19)26(37)24(15)16(2)35)31-22-10-9-20(12-28-22)33-14-18-8-7-17(30-18)11-23(33)36/h9-10,12-13,17-19,30H,3-8,11,14H2,1-2H3,(H,28,29,31,32)/t17-,18?/m1/s1. The van der Waals surface area contributed by atoms with Crippen molar-refractivity contribution >= 4 is 40.2 Å². The van der Waals surface area contributed by atoms with Gasteiger partial charge in [-0.15, -0.1) is 0 Å². The second-order valence-electron chi connectivity index (χ2n) is 10.5. The molecule has 1 aliphatic carbocycles. The fourth-order valence-electron chi connectivity index (χ4n) is 6.14. The van der Waals surface area contributed by atoms with Gasteiger partial charge in [-0.05, 0) is 57.2 Å². The van der Waals surface area contributed by atoms with E-state index in [9.17, 15) is 14.4 Å². The molecule has 2 atom stereocenters. The second-order valence-corrected chi connectivity index (χ2v) is 10.5. The fourth-order valence-corrected chi connectivity index (χ4v) is 6.14. The summed E-state index contributed by atoms with van der Waals surface area (Å²) in [6.07, 6.45) is 9.88. The SMILES string of the molecule is CC(=O)c1c(C)c2cnc(Nc3ccc(N4CC5CC[C@H](CC4=O)N5)cn3)nc2n(C2CCCC2)c1=O. The van der Waals surface area contributed by atoms with Crippen molar-refractivity contribution in [3.05, 3.63) is 46.0 Å². The van der Waals surface area contributed by atoms with Crippen molar-refractivity contribution in [1.82, 2.24) is 24.8 Å². The lowest BCUT2D eigenvalue weighted by atomic mass is 10.0. The number of rotatable bonds is 5. The van der Waals surface area contributed by atoms with Gasteiger partial charge in [-0.25, -0.2) is 9.97 Å². The number of aromatic nitrogens is 4. The average Bonchev–Trinajstić information content (AvgIpc) is 3.52. The van der Waals surface area contributed by atoms with Crippen LogP contribution in [-0.2, 0) is 4.79 Å². The third-order valence-corrected chi connectivity index (χ3v) is 8.01. The highest BCUT2D eigenvalue weighted by Gasteiger charge is 2.34.